The Balaban J connectivity index is 1.39. The summed E-state index contributed by atoms with van der Waals surface area (Å²) in [6.45, 7) is 5.08. The van der Waals surface area contributed by atoms with E-state index in [0.29, 0.717) is 33.7 Å². The van der Waals surface area contributed by atoms with Crippen molar-refractivity contribution in [2.24, 2.45) is 0 Å². The standard InChI is InChI=1S/C29H25N5O3S3/c1-3-36-20-13-9-18(10-14-20)30-24(35)17-39-28-32-27-25(26-31-22-7-5-6-8-23(22)34(26)28)40-29(38)33(27)19-11-15-21(16-12-19)37-4-2/h5-16H,3-4,17H2,1-2H3,(H,30,35). The molecule has 3 aromatic heterocycles. The molecule has 11 heteroatoms. The molecule has 0 atom stereocenters. The Morgan fingerprint density at radius 2 is 1.60 bits per heavy atom. The summed E-state index contributed by atoms with van der Waals surface area (Å²) in [4.78, 5) is 22.9. The minimum absolute atomic E-state index is 0.137. The van der Waals surface area contributed by atoms with Gasteiger partial charge in [-0.1, -0.05) is 35.2 Å². The fourth-order valence-corrected chi connectivity index (χ4v) is 6.59. The molecule has 0 aliphatic rings. The van der Waals surface area contributed by atoms with E-state index in [0.717, 1.165) is 38.6 Å². The van der Waals surface area contributed by atoms with Gasteiger partial charge in [-0.25, -0.2) is 9.97 Å². The molecule has 3 heterocycles. The number of thiazole rings is 1. The number of benzene rings is 3. The number of carbonyl (C=O) groups excluding carboxylic acids is 1. The fourth-order valence-electron chi connectivity index (χ4n) is 4.44. The van der Waals surface area contributed by atoms with Crippen molar-refractivity contribution in [3.8, 4) is 17.2 Å². The van der Waals surface area contributed by atoms with Gasteiger partial charge in [0.25, 0.3) is 0 Å². The number of hydrogen-bond acceptors (Lipinski definition) is 8. The lowest BCUT2D eigenvalue weighted by Gasteiger charge is -2.10. The summed E-state index contributed by atoms with van der Waals surface area (Å²) in [6, 6.07) is 23.0. The molecule has 8 nitrogen and oxygen atoms in total. The highest BCUT2D eigenvalue weighted by atomic mass is 32.2. The second-order valence-corrected chi connectivity index (χ2v) is 11.3. The highest BCUT2D eigenvalue weighted by Gasteiger charge is 2.20. The summed E-state index contributed by atoms with van der Waals surface area (Å²) in [7, 11) is 0. The van der Waals surface area contributed by atoms with Crippen LogP contribution in [0.3, 0.4) is 0 Å². The molecule has 1 N–H and O–H groups in total. The number of imidazole rings is 1. The zero-order valence-electron chi connectivity index (χ0n) is 21.8. The third kappa shape index (κ3) is 5.03. The lowest BCUT2D eigenvalue weighted by Crippen LogP contribution is -2.14. The molecule has 6 rings (SSSR count). The van der Waals surface area contributed by atoms with Crippen molar-refractivity contribution in [3.05, 3.63) is 76.8 Å². The minimum atomic E-state index is -0.137. The number of amides is 1. The third-order valence-corrected chi connectivity index (χ3v) is 8.43. The van der Waals surface area contributed by atoms with Crippen molar-refractivity contribution < 1.29 is 14.3 Å². The average Bonchev–Trinajstić information content (AvgIpc) is 3.51. The summed E-state index contributed by atoms with van der Waals surface area (Å²) in [5, 5.41) is 3.61. The number of hydrogen-bond donors (Lipinski definition) is 1. The smallest absolute Gasteiger partial charge is 0.234 e. The zero-order valence-corrected chi connectivity index (χ0v) is 24.2. The third-order valence-electron chi connectivity index (χ3n) is 6.13. The number of nitrogens with zero attached hydrogens (tertiary/aromatic N) is 4. The van der Waals surface area contributed by atoms with Crippen LogP contribution in [-0.2, 0) is 4.79 Å². The maximum absolute atomic E-state index is 12.9. The molecule has 6 aromatic rings. The highest BCUT2D eigenvalue weighted by Crippen LogP contribution is 2.34. The fraction of sp³-hybridized carbons (Fsp3) is 0.172. The highest BCUT2D eigenvalue weighted by molar-refractivity contribution is 7.99. The zero-order chi connectivity index (χ0) is 27.6. The van der Waals surface area contributed by atoms with Crippen LogP contribution >= 0.6 is 35.3 Å². The molecule has 0 fully saturated rings. The van der Waals surface area contributed by atoms with Crippen molar-refractivity contribution in [2.75, 3.05) is 24.3 Å². The lowest BCUT2D eigenvalue weighted by molar-refractivity contribution is -0.113. The number of ether oxygens (including phenoxy) is 2. The van der Waals surface area contributed by atoms with E-state index in [1.165, 1.54) is 23.1 Å². The van der Waals surface area contributed by atoms with Crippen molar-refractivity contribution >= 4 is 73.9 Å². The SMILES string of the molecule is CCOc1ccc(NC(=O)CSc2nc3c(sc(=S)n3-c3ccc(OCC)cc3)c3nc4ccccc4n23)cc1. The molecule has 1 amide bonds. The van der Waals surface area contributed by atoms with E-state index in [1.807, 2.05) is 95.6 Å². The Hall–Kier alpha value is -3.93. The first kappa shape index (κ1) is 26.3. The van der Waals surface area contributed by atoms with Gasteiger partial charge in [0.2, 0.25) is 5.91 Å². The predicted molar refractivity (Wildman–Crippen MR) is 164 cm³/mol. The second kappa shape index (κ2) is 11.3. The largest absolute Gasteiger partial charge is 0.494 e. The van der Waals surface area contributed by atoms with Crippen LogP contribution in [0.1, 0.15) is 13.8 Å². The van der Waals surface area contributed by atoms with Crippen molar-refractivity contribution in [2.45, 2.75) is 19.0 Å². The van der Waals surface area contributed by atoms with Crippen LogP contribution in [0, 0.1) is 3.95 Å². The maximum Gasteiger partial charge on any atom is 0.234 e. The van der Waals surface area contributed by atoms with E-state index in [4.69, 9.17) is 31.7 Å². The molecule has 3 aromatic carbocycles. The normalized spacial score (nSPS) is 11.3. The summed E-state index contributed by atoms with van der Waals surface area (Å²) in [5.41, 5.74) is 4.84. The Kier molecular flexibility index (Phi) is 7.42. The number of para-hydroxylation sites is 2. The number of carbonyl (C=O) groups is 1. The molecule has 0 spiro atoms. The van der Waals surface area contributed by atoms with Gasteiger partial charge < -0.3 is 14.8 Å². The summed E-state index contributed by atoms with van der Waals surface area (Å²) in [5.74, 6) is 1.59. The van der Waals surface area contributed by atoms with E-state index in [-0.39, 0.29) is 11.7 Å². The molecule has 0 aliphatic heterocycles. The number of fused-ring (bicyclic) bond motifs is 5. The topological polar surface area (TPSA) is 82.7 Å². The van der Waals surface area contributed by atoms with E-state index < -0.39 is 0 Å². The molecule has 0 unspecified atom stereocenters. The molecular formula is C29H25N5O3S3. The van der Waals surface area contributed by atoms with Gasteiger partial charge in [0.1, 0.15) is 16.2 Å². The summed E-state index contributed by atoms with van der Waals surface area (Å²) >= 11 is 8.64. The van der Waals surface area contributed by atoms with Gasteiger partial charge in [-0.15, -0.1) is 0 Å². The first-order chi connectivity index (χ1) is 19.6. The van der Waals surface area contributed by atoms with Crippen molar-refractivity contribution in [3.63, 3.8) is 0 Å². The van der Waals surface area contributed by atoms with E-state index in [1.54, 1.807) is 0 Å². The van der Waals surface area contributed by atoms with Crippen LogP contribution in [0.25, 0.3) is 32.7 Å². The predicted octanol–water partition coefficient (Wildman–Crippen LogP) is 7.15. The number of rotatable bonds is 9. The molecule has 0 aliphatic carbocycles. The summed E-state index contributed by atoms with van der Waals surface area (Å²) in [6.07, 6.45) is 0. The van der Waals surface area contributed by atoms with Crippen LogP contribution in [-0.4, -0.2) is 43.8 Å². The molecule has 0 saturated carbocycles. The van der Waals surface area contributed by atoms with Crippen LogP contribution in [0.5, 0.6) is 11.5 Å². The number of thioether (sulfide) groups is 1. The van der Waals surface area contributed by atoms with Crippen molar-refractivity contribution in [1.82, 2.24) is 18.9 Å². The lowest BCUT2D eigenvalue weighted by atomic mass is 10.3. The van der Waals surface area contributed by atoms with Gasteiger partial charge >= 0.3 is 0 Å². The van der Waals surface area contributed by atoms with Gasteiger partial charge in [-0.2, -0.15) is 0 Å². The van der Waals surface area contributed by atoms with E-state index in [2.05, 4.69) is 5.32 Å². The second-order valence-electron chi connectivity index (χ2n) is 8.73. The van der Waals surface area contributed by atoms with Gasteiger partial charge in [0.05, 0.1) is 30.0 Å². The number of anilines is 1. The van der Waals surface area contributed by atoms with Crippen LogP contribution in [0.2, 0.25) is 0 Å². The monoisotopic (exact) mass is 587 g/mol. The Labute approximate surface area is 243 Å². The summed E-state index contributed by atoms with van der Waals surface area (Å²) < 4.78 is 16.6. The van der Waals surface area contributed by atoms with Crippen LogP contribution < -0.4 is 14.8 Å². The van der Waals surface area contributed by atoms with Crippen molar-refractivity contribution in [1.29, 1.82) is 0 Å². The molecule has 40 heavy (non-hydrogen) atoms. The van der Waals surface area contributed by atoms with Gasteiger partial charge in [0.15, 0.2) is 20.4 Å². The number of nitrogens with one attached hydrogen (secondary N) is 1. The minimum Gasteiger partial charge on any atom is -0.494 e. The van der Waals surface area contributed by atoms with Gasteiger partial charge in [-0.05, 0) is 86.7 Å². The molecule has 0 radical (unpaired) electrons. The molecule has 0 bridgehead atoms. The Morgan fingerprint density at radius 3 is 2.30 bits per heavy atom. The molecular weight excluding hydrogens is 563 g/mol. The van der Waals surface area contributed by atoms with Crippen LogP contribution in [0.15, 0.2) is 78.0 Å². The van der Waals surface area contributed by atoms with Gasteiger partial charge in [0, 0.05) is 11.4 Å². The Morgan fingerprint density at radius 1 is 0.925 bits per heavy atom. The first-order valence-corrected chi connectivity index (χ1v) is 15.0. The molecule has 202 valence electrons. The Bertz CT molecular complexity index is 1890. The van der Waals surface area contributed by atoms with Crippen LogP contribution in [0.4, 0.5) is 5.69 Å². The first-order valence-electron chi connectivity index (χ1n) is 12.8. The quantitative estimate of drug-likeness (QED) is 0.109. The van der Waals surface area contributed by atoms with Gasteiger partial charge in [-0.3, -0.25) is 13.8 Å². The van der Waals surface area contributed by atoms with E-state index in [9.17, 15) is 4.79 Å². The number of aromatic nitrogens is 4. The maximum atomic E-state index is 12.9. The molecule has 0 saturated heterocycles. The van der Waals surface area contributed by atoms with E-state index >= 15 is 0 Å². The average molecular weight is 588 g/mol.